The lowest BCUT2D eigenvalue weighted by atomic mass is 9.82. The van der Waals surface area contributed by atoms with E-state index in [1.807, 2.05) is 7.05 Å². The van der Waals surface area contributed by atoms with Crippen molar-refractivity contribution in [3.05, 3.63) is 0 Å². The number of nitrogens with zero attached hydrogens (tertiary/aromatic N) is 1. The number of nitrogens with one attached hydrogen (secondary N) is 1. The van der Waals surface area contributed by atoms with Gasteiger partial charge in [-0.05, 0) is 64.7 Å². The molecule has 1 aliphatic carbocycles. The zero-order chi connectivity index (χ0) is 11.2. The van der Waals surface area contributed by atoms with Gasteiger partial charge in [0.1, 0.15) is 0 Å². The molecule has 3 heteroatoms. The Morgan fingerprint density at radius 1 is 1.25 bits per heavy atom. The summed E-state index contributed by atoms with van der Waals surface area (Å²) in [6, 6.07) is 0. The van der Waals surface area contributed by atoms with Crippen LogP contribution < -0.4 is 5.32 Å². The Bertz CT molecular complexity index is 186. The molecule has 0 bridgehead atoms. The van der Waals surface area contributed by atoms with Crippen molar-refractivity contribution in [3.63, 3.8) is 0 Å². The zero-order valence-corrected chi connectivity index (χ0v) is 10.6. The minimum Gasteiger partial charge on any atom is -0.378 e. The third kappa shape index (κ3) is 3.72. The molecule has 2 fully saturated rings. The van der Waals surface area contributed by atoms with Gasteiger partial charge in [0.15, 0.2) is 0 Å². The minimum absolute atomic E-state index is 0.567. The Morgan fingerprint density at radius 3 is 2.69 bits per heavy atom. The molecular formula is C13H26N2O. The van der Waals surface area contributed by atoms with Crippen LogP contribution in [-0.4, -0.2) is 50.8 Å². The number of hydrogen-bond acceptors (Lipinski definition) is 3. The first kappa shape index (κ1) is 12.3. The molecule has 1 saturated carbocycles. The van der Waals surface area contributed by atoms with Crippen molar-refractivity contribution in [2.75, 3.05) is 39.8 Å². The van der Waals surface area contributed by atoms with Crippen molar-refractivity contribution in [3.8, 4) is 0 Å². The van der Waals surface area contributed by atoms with Crippen LogP contribution in [0.5, 0.6) is 0 Å². The molecule has 1 N–H and O–H groups in total. The van der Waals surface area contributed by atoms with E-state index in [2.05, 4.69) is 10.2 Å². The molecule has 2 aliphatic rings. The molecule has 0 atom stereocenters. The summed E-state index contributed by atoms with van der Waals surface area (Å²) in [5, 5.41) is 3.23. The number of ether oxygens (including phenoxy) is 1. The average molecular weight is 226 g/mol. The van der Waals surface area contributed by atoms with Crippen molar-refractivity contribution >= 4 is 0 Å². The summed E-state index contributed by atoms with van der Waals surface area (Å²) in [5.41, 5.74) is 0. The summed E-state index contributed by atoms with van der Waals surface area (Å²) in [5.74, 6) is 0.869. The largest absolute Gasteiger partial charge is 0.378 e. The Kier molecular flexibility index (Phi) is 5.07. The van der Waals surface area contributed by atoms with E-state index >= 15 is 0 Å². The van der Waals surface area contributed by atoms with Gasteiger partial charge in [-0.1, -0.05) is 0 Å². The SMILES string of the molecule is CNCC1CC(OCCCN2CCCC2)C1. The maximum absolute atomic E-state index is 5.86. The van der Waals surface area contributed by atoms with Gasteiger partial charge in [0.25, 0.3) is 0 Å². The first-order chi connectivity index (χ1) is 7.88. The molecule has 1 aliphatic heterocycles. The van der Waals surface area contributed by atoms with Gasteiger partial charge < -0.3 is 15.0 Å². The van der Waals surface area contributed by atoms with E-state index in [1.165, 1.54) is 51.7 Å². The third-order valence-corrected chi connectivity index (χ3v) is 3.86. The fourth-order valence-corrected chi connectivity index (χ4v) is 2.81. The highest BCUT2D eigenvalue weighted by Crippen LogP contribution is 2.29. The molecule has 2 rings (SSSR count). The highest BCUT2D eigenvalue weighted by molar-refractivity contribution is 4.81. The lowest BCUT2D eigenvalue weighted by Gasteiger charge is -2.35. The highest BCUT2D eigenvalue weighted by Gasteiger charge is 2.28. The van der Waals surface area contributed by atoms with Crippen LogP contribution >= 0.6 is 0 Å². The monoisotopic (exact) mass is 226 g/mol. The molecule has 0 aromatic carbocycles. The molecule has 0 spiro atoms. The second kappa shape index (κ2) is 6.58. The molecule has 1 saturated heterocycles. The normalized spacial score (nSPS) is 30.6. The van der Waals surface area contributed by atoms with Crippen LogP contribution in [-0.2, 0) is 4.74 Å². The molecule has 0 unspecified atom stereocenters. The van der Waals surface area contributed by atoms with E-state index in [0.29, 0.717) is 6.10 Å². The van der Waals surface area contributed by atoms with Crippen LogP contribution in [0.15, 0.2) is 0 Å². The van der Waals surface area contributed by atoms with E-state index in [4.69, 9.17) is 4.74 Å². The van der Waals surface area contributed by atoms with Crippen LogP contribution in [0.4, 0.5) is 0 Å². The Hall–Kier alpha value is -0.120. The molecular weight excluding hydrogens is 200 g/mol. The first-order valence-electron chi connectivity index (χ1n) is 6.87. The smallest absolute Gasteiger partial charge is 0.0581 e. The van der Waals surface area contributed by atoms with Crippen molar-refractivity contribution in [2.45, 2.75) is 38.2 Å². The molecule has 3 nitrogen and oxygen atoms in total. The van der Waals surface area contributed by atoms with E-state index < -0.39 is 0 Å². The molecule has 0 aromatic heterocycles. The summed E-state index contributed by atoms with van der Waals surface area (Å²) in [4.78, 5) is 2.56. The predicted octanol–water partition coefficient (Wildman–Crippen LogP) is 1.49. The predicted molar refractivity (Wildman–Crippen MR) is 66.7 cm³/mol. The minimum atomic E-state index is 0.567. The maximum atomic E-state index is 5.86. The molecule has 94 valence electrons. The lowest BCUT2D eigenvalue weighted by molar-refractivity contribution is -0.0317. The van der Waals surface area contributed by atoms with E-state index in [1.54, 1.807) is 0 Å². The number of hydrogen-bond donors (Lipinski definition) is 1. The van der Waals surface area contributed by atoms with Gasteiger partial charge in [0.05, 0.1) is 6.10 Å². The fourth-order valence-electron chi connectivity index (χ4n) is 2.81. The highest BCUT2D eigenvalue weighted by atomic mass is 16.5. The van der Waals surface area contributed by atoms with Crippen LogP contribution in [0.2, 0.25) is 0 Å². The Morgan fingerprint density at radius 2 is 2.00 bits per heavy atom. The molecule has 1 heterocycles. The van der Waals surface area contributed by atoms with Crippen molar-refractivity contribution in [1.29, 1.82) is 0 Å². The van der Waals surface area contributed by atoms with Gasteiger partial charge in [-0.15, -0.1) is 0 Å². The molecule has 0 aromatic rings. The topological polar surface area (TPSA) is 24.5 Å². The third-order valence-electron chi connectivity index (χ3n) is 3.86. The van der Waals surface area contributed by atoms with Gasteiger partial charge in [-0.25, -0.2) is 0 Å². The number of likely N-dealkylation sites (tertiary alicyclic amines) is 1. The first-order valence-corrected chi connectivity index (χ1v) is 6.87. The van der Waals surface area contributed by atoms with Gasteiger partial charge in [-0.3, -0.25) is 0 Å². The molecule has 0 amide bonds. The second-order valence-electron chi connectivity index (χ2n) is 5.29. The molecule has 0 radical (unpaired) electrons. The van der Waals surface area contributed by atoms with Gasteiger partial charge in [-0.2, -0.15) is 0 Å². The number of rotatable bonds is 7. The van der Waals surface area contributed by atoms with Gasteiger partial charge >= 0.3 is 0 Å². The Labute approximate surface area is 99.5 Å². The summed E-state index contributed by atoms with van der Waals surface area (Å²) in [7, 11) is 2.03. The standard InChI is InChI=1S/C13H26N2O/c1-14-11-12-9-13(10-12)16-8-4-7-15-5-2-3-6-15/h12-14H,2-11H2,1H3. The lowest BCUT2D eigenvalue weighted by Crippen LogP contribution is -2.37. The summed E-state index contributed by atoms with van der Waals surface area (Å²) in [6.45, 7) is 6.00. The van der Waals surface area contributed by atoms with Crippen molar-refractivity contribution in [1.82, 2.24) is 10.2 Å². The summed E-state index contributed by atoms with van der Waals surface area (Å²) < 4.78 is 5.86. The van der Waals surface area contributed by atoms with Crippen LogP contribution in [0, 0.1) is 5.92 Å². The van der Waals surface area contributed by atoms with Gasteiger partial charge in [0, 0.05) is 13.2 Å². The average Bonchev–Trinajstić information content (AvgIpc) is 2.72. The summed E-state index contributed by atoms with van der Waals surface area (Å²) in [6.07, 6.45) is 7.11. The van der Waals surface area contributed by atoms with E-state index in [0.717, 1.165) is 19.1 Å². The van der Waals surface area contributed by atoms with E-state index in [9.17, 15) is 0 Å². The van der Waals surface area contributed by atoms with Crippen molar-refractivity contribution in [2.24, 2.45) is 5.92 Å². The zero-order valence-electron chi connectivity index (χ0n) is 10.6. The fraction of sp³-hybridized carbons (Fsp3) is 1.00. The quantitative estimate of drug-likeness (QED) is 0.666. The Balaban J connectivity index is 1.41. The second-order valence-corrected chi connectivity index (χ2v) is 5.29. The van der Waals surface area contributed by atoms with E-state index in [-0.39, 0.29) is 0 Å². The van der Waals surface area contributed by atoms with Crippen LogP contribution in [0.3, 0.4) is 0 Å². The maximum Gasteiger partial charge on any atom is 0.0581 e. The summed E-state index contributed by atoms with van der Waals surface area (Å²) >= 11 is 0. The molecule has 16 heavy (non-hydrogen) atoms. The van der Waals surface area contributed by atoms with Gasteiger partial charge in [0.2, 0.25) is 0 Å². The van der Waals surface area contributed by atoms with Crippen LogP contribution in [0.1, 0.15) is 32.1 Å². The van der Waals surface area contributed by atoms with Crippen molar-refractivity contribution < 1.29 is 4.74 Å². The van der Waals surface area contributed by atoms with Crippen LogP contribution in [0.25, 0.3) is 0 Å².